The van der Waals surface area contributed by atoms with Gasteiger partial charge in [-0.2, -0.15) is 0 Å². The number of rotatable bonds is 9. The largest absolute Gasteiger partial charge is 0.352 e. The highest BCUT2D eigenvalue weighted by atomic mass is 16.2. The minimum Gasteiger partial charge on any atom is -0.352 e. The summed E-state index contributed by atoms with van der Waals surface area (Å²) in [5, 5.41) is 5.91. The van der Waals surface area contributed by atoms with Gasteiger partial charge in [0.2, 0.25) is 5.43 Å². The number of pyridine rings is 2. The number of carbonyl (C=O) groups is 2. The highest BCUT2D eigenvalue weighted by Crippen LogP contribution is 2.17. The van der Waals surface area contributed by atoms with Crippen LogP contribution in [0.5, 0.6) is 0 Å². The lowest BCUT2D eigenvalue weighted by molar-refractivity contribution is 0.0928. The topological polar surface area (TPSA) is 93.1 Å². The lowest BCUT2D eigenvalue weighted by Gasteiger charge is -2.21. The molecular formula is C27H38N4O3. The van der Waals surface area contributed by atoms with E-state index < -0.39 is 11.3 Å². The Labute approximate surface area is 202 Å². The minimum atomic E-state index is -0.514. The van der Waals surface area contributed by atoms with Crippen LogP contribution in [0.25, 0.3) is 0 Å². The second-order valence-corrected chi connectivity index (χ2v) is 9.68. The first kappa shape index (κ1) is 25.7. The van der Waals surface area contributed by atoms with Gasteiger partial charge >= 0.3 is 0 Å². The first-order valence-corrected chi connectivity index (χ1v) is 12.7. The van der Waals surface area contributed by atoms with Crippen LogP contribution in [0.3, 0.4) is 0 Å². The van der Waals surface area contributed by atoms with Gasteiger partial charge < -0.3 is 15.2 Å². The summed E-state index contributed by atoms with van der Waals surface area (Å²) in [6.45, 7) is 5.16. The summed E-state index contributed by atoms with van der Waals surface area (Å²) in [6, 6.07) is 5.79. The average molecular weight is 467 g/mol. The zero-order valence-electron chi connectivity index (χ0n) is 20.5. The zero-order chi connectivity index (χ0) is 24.3. The molecule has 7 nitrogen and oxygen atoms in total. The summed E-state index contributed by atoms with van der Waals surface area (Å²) in [5.41, 5.74) is 0.429. The Balaban J connectivity index is 1.82. The summed E-state index contributed by atoms with van der Waals surface area (Å²) < 4.78 is 1.76. The van der Waals surface area contributed by atoms with Gasteiger partial charge in [-0.05, 0) is 37.3 Å². The van der Waals surface area contributed by atoms with Gasteiger partial charge in [-0.3, -0.25) is 19.4 Å². The Kier molecular flexibility index (Phi) is 9.86. The van der Waals surface area contributed by atoms with Crippen LogP contribution in [0.1, 0.15) is 91.6 Å². The van der Waals surface area contributed by atoms with E-state index in [-0.39, 0.29) is 23.1 Å². The van der Waals surface area contributed by atoms with Crippen molar-refractivity contribution in [3.8, 4) is 0 Å². The molecule has 2 amide bonds. The molecule has 2 heterocycles. The Hall–Kier alpha value is -2.96. The van der Waals surface area contributed by atoms with E-state index in [0.29, 0.717) is 25.4 Å². The molecule has 1 aliphatic carbocycles. The molecule has 0 atom stereocenters. The smallest absolute Gasteiger partial charge is 0.256 e. The van der Waals surface area contributed by atoms with E-state index in [4.69, 9.17) is 0 Å². The molecule has 2 aromatic rings. The molecule has 7 heteroatoms. The highest BCUT2D eigenvalue weighted by Gasteiger charge is 2.22. The lowest BCUT2D eigenvalue weighted by Crippen LogP contribution is -2.40. The molecule has 0 aromatic carbocycles. The molecule has 1 aliphatic rings. The Morgan fingerprint density at radius 3 is 2.35 bits per heavy atom. The molecule has 0 spiro atoms. The van der Waals surface area contributed by atoms with Gasteiger partial charge in [-0.25, -0.2) is 0 Å². The van der Waals surface area contributed by atoms with Crippen molar-refractivity contribution >= 4 is 11.8 Å². The van der Waals surface area contributed by atoms with Crippen molar-refractivity contribution < 1.29 is 9.59 Å². The van der Waals surface area contributed by atoms with E-state index >= 15 is 0 Å². The van der Waals surface area contributed by atoms with Crippen LogP contribution in [0.4, 0.5) is 0 Å². The van der Waals surface area contributed by atoms with Crippen LogP contribution >= 0.6 is 0 Å². The summed E-state index contributed by atoms with van der Waals surface area (Å²) in [6.07, 6.45) is 13.9. The van der Waals surface area contributed by atoms with E-state index in [1.807, 2.05) is 18.2 Å². The minimum absolute atomic E-state index is 0.00935. The number of nitrogens with one attached hydrogen (secondary N) is 2. The van der Waals surface area contributed by atoms with E-state index in [9.17, 15) is 14.4 Å². The maximum Gasteiger partial charge on any atom is 0.256 e. The second kappa shape index (κ2) is 13.1. The quantitative estimate of drug-likeness (QED) is 0.582. The summed E-state index contributed by atoms with van der Waals surface area (Å²) in [7, 11) is 0. The molecule has 34 heavy (non-hydrogen) atoms. The average Bonchev–Trinajstić information content (AvgIpc) is 2.80. The third-order valence-corrected chi connectivity index (χ3v) is 6.37. The Bertz CT molecular complexity index is 993. The maximum atomic E-state index is 13.2. The van der Waals surface area contributed by atoms with Gasteiger partial charge in [0.25, 0.3) is 11.8 Å². The molecule has 0 radical (unpaired) electrons. The number of carbonyl (C=O) groups excluding carboxylic acids is 2. The fourth-order valence-electron chi connectivity index (χ4n) is 4.31. The molecule has 1 saturated carbocycles. The first-order chi connectivity index (χ1) is 16.4. The third kappa shape index (κ3) is 7.82. The van der Waals surface area contributed by atoms with Crippen LogP contribution in [-0.2, 0) is 13.0 Å². The van der Waals surface area contributed by atoms with Gasteiger partial charge in [0, 0.05) is 49.8 Å². The molecule has 0 aliphatic heterocycles. The van der Waals surface area contributed by atoms with Gasteiger partial charge in [0.05, 0.1) is 0 Å². The molecule has 184 valence electrons. The Morgan fingerprint density at radius 2 is 1.71 bits per heavy atom. The number of aryl methyl sites for hydroxylation is 2. The SMILES string of the molecule is CC(C)CCNC(=O)c1cn(CCc2ccccn2)cc(C(=O)NC2CCCCCCC2)c1=O. The molecule has 2 aromatic heterocycles. The lowest BCUT2D eigenvalue weighted by atomic mass is 9.96. The molecule has 3 rings (SSSR count). The monoisotopic (exact) mass is 466 g/mol. The normalized spacial score (nSPS) is 14.9. The van der Waals surface area contributed by atoms with Crippen LogP contribution < -0.4 is 16.1 Å². The van der Waals surface area contributed by atoms with Crippen LogP contribution in [0.2, 0.25) is 0 Å². The van der Waals surface area contributed by atoms with Gasteiger partial charge in [-0.1, -0.05) is 52.0 Å². The van der Waals surface area contributed by atoms with Crippen LogP contribution in [0, 0.1) is 5.92 Å². The van der Waals surface area contributed by atoms with Crippen molar-refractivity contribution in [1.82, 2.24) is 20.2 Å². The molecule has 2 N–H and O–H groups in total. The predicted molar refractivity (Wildman–Crippen MR) is 134 cm³/mol. The molecule has 0 bridgehead atoms. The molecule has 0 unspecified atom stereocenters. The number of hydrogen-bond donors (Lipinski definition) is 2. The van der Waals surface area contributed by atoms with Crippen molar-refractivity contribution in [2.75, 3.05) is 6.54 Å². The van der Waals surface area contributed by atoms with E-state index in [1.54, 1.807) is 23.2 Å². The Morgan fingerprint density at radius 1 is 1.03 bits per heavy atom. The first-order valence-electron chi connectivity index (χ1n) is 12.7. The van der Waals surface area contributed by atoms with E-state index in [1.165, 1.54) is 19.3 Å². The fraction of sp³-hybridized carbons (Fsp3) is 0.556. The summed E-state index contributed by atoms with van der Waals surface area (Å²) >= 11 is 0. The van der Waals surface area contributed by atoms with E-state index in [0.717, 1.165) is 37.8 Å². The number of nitrogens with zero attached hydrogens (tertiary/aromatic N) is 2. The molecule has 0 saturated heterocycles. The second-order valence-electron chi connectivity index (χ2n) is 9.68. The number of amides is 2. The van der Waals surface area contributed by atoms with Gasteiger partial charge in [0.1, 0.15) is 11.1 Å². The van der Waals surface area contributed by atoms with Crippen LogP contribution in [0.15, 0.2) is 41.6 Å². The third-order valence-electron chi connectivity index (χ3n) is 6.37. The van der Waals surface area contributed by atoms with Crippen LogP contribution in [-0.4, -0.2) is 34.0 Å². The number of hydrogen-bond acceptors (Lipinski definition) is 4. The highest BCUT2D eigenvalue weighted by molar-refractivity contribution is 5.99. The number of aromatic nitrogens is 2. The van der Waals surface area contributed by atoms with Crippen molar-refractivity contribution in [1.29, 1.82) is 0 Å². The maximum absolute atomic E-state index is 13.2. The van der Waals surface area contributed by atoms with E-state index in [2.05, 4.69) is 29.5 Å². The standard InChI is InChI=1S/C27H38N4O3/c1-20(2)13-16-29-26(33)23-18-31(17-14-21-10-8-9-15-28-21)19-24(25(23)32)27(34)30-22-11-6-4-3-5-7-12-22/h8-10,15,18-20,22H,3-7,11-14,16-17H2,1-2H3,(H,29,33)(H,30,34). The molecular weight excluding hydrogens is 428 g/mol. The van der Waals surface area contributed by atoms with Crippen molar-refractivity contribution in [2.45, 2.75) is 84.2 Å². The van der Waals surface area contributed by atoms with Gasteiger partial charge in [0.15, 0.2) is 0 Å². The van der Waals surface area contributed by atoms with Crippen molar-refractivity contribution in [2.24, 2.45) is 5.92 Å². The zero-order valence-corrected chi connectivity index (χ0v) is 20.5. The van der Waals surface area contributed by atoms with Gasteiger partial charge in [-0.15, -0.1) is 0 Å². The summed E-state index contributed by atoms with van der Waals surface area (Å²) in [5.74, 6) is -0.381. The predicted octanol–water partition coefficient (Wildman–Crippen LogP) is 4.10. The van der Waals surface area contributed by atoms with Crippen molar-refractivity contribution in [3.05, 3.63) is 63.8 Å². The van der Waals surface area contributed by atoms with Crippen molar-refractivity contribution in [3.63, 3.8) is 0 Å². The fourth-order valence-corrected chi connectivity index (χ4v) is 4.31. The molecule has 1 fully saturated rings. The summed E-state index contributed by atoms with van der Waals surface area (Å²) in [4.78, 5) is 43.6.